The minimum atomic E-state index is -0.781. The van der Waals surface area contributed by atoms with Gasteiger partial charge < -0.3 is 5.11 Å². The van der Waals surface area contributed by atoms with E-state index in [0.717, 1.165) is 5.82 Å². The highest BCUT2D eigenvalue weighted by Crippen LogP contribution is 2.73. The Morgan fingerprint density at radius 3 is 2.44 bits per heavy atom. The fraction of sp³-hybridized carbons (Fsp3) is 0.833. The summed E-state index contributed by atoms with van der Waals surface area (Å²) >= 11 is 0. The summed E-state index contributed by atoms with van der Waals surface area (Å²) in [6.45, 7) is 9.43. The summed E-state index contributed by atoms with van der Waals surface area (Å²) in [5, 5.41) is 20.5. The van der Waals surface area contributed by atoms with Crippen LogP contribution in [-0.4, -0.2) is 31.3 Å². The first kappa shape index (κ1) is 13.0. The van der Waals surface area contributed by atoms with Crippen molar-refractivity contribution < 1.29 is 9.90 Å². The molecule has 6 nitrogen and oxygen atoms in total. The van der Waals surface area contributed by atoms with Crippen molar-refractivity contribution in [1.82, 2.24) is 20.2 Å². The summed E-state index contributed by atoms with van der Waals surface area (Å²) in [4.78, 5) is 10.5. The summed E-state index contributed by atoms with van der Waals surface area (Å²) < 4.78 is 1.75. The van der Waals surface area contributed by atoms with Gasteiger partial charge in [-0.2, -0.15) is 0 Å². The van der Waals surface area contributed by atoms with E-state index in [1.54, 1.807) is 4.68 Å². The van der Waals surface area contributed by atoms with Crippen molar-refractivity contribution in [3.8, 4) is 0 Å². The van der Waals surface area contributed by atoms with Crippen molar-refractivity contribution in [3.63, 3.8) is 0 Å². The number of hydrogen-bond donors (Lipinski definition) is 1. The molecule has 1 aliphatic rings. The molecule has 0 aromatic carbocycles. The molecule has 1 N–H and O–H groups in total. The SMILES string of the molecule is CC1(C)C(c2nnnn2CCCC(=O)O)C1(C)C. The van der Waals surface area contributed by atoms with Crippen molar-refractivity contribution in [3.05, 3.63) is 5.82 Å². The molecule has 1 aromatic heterocycles. The Balaban J connectivity index is 2.08. The average molecular weight is 252 g/mol. The lowest BCUT2D eigenvalue weighted by Crippen LogP contribution is -2.09. The molecule has 1 fully saturated rings. The Morgan fingerprint density at radius 2 is 1.94 bits per heavy atom. The minimum Gasteiger partial charge on any atom is -0.481 e. The van der Waals surface area contributed by atoms with Gasteiger partial charge in [0.25, 0.3) is 0 Å². The molecule has 0 radical (unpaired) electrons. The summed E-state index contributed by atoms with van der Waals surface area (Å²) in [6, 6.07) is 0. The van der Waals surface area contributed by atoms with Gasteiger partial charge in [0, 0.05) is 18.9 Å². The van der Waals surface area contributed by atoms with Gasteiger partial charge in [0.15, 0.2) is 5.82 Å². The number of hydrogen-bond acceptors (Lipinski definition) is 4. The van der Waals surface area contributed by atoms with E-state index in [2.05, 4.69) is 43.2 Å². The molecule has 0 aliphatic heterocycles. The zero-order valence-corrected chi connectivity index (χ0v) is 11.3. The van der Waals surface area contributed by atoms with Crippen molar-refractivity contribution in [2.24, 2.45) is 10.8 Å². The van der Waals surface area contributed by atoms with Gasteiger partial charge in [-0.15, -0.1) is 5.10 Å². The van der Waals surface area contributed by atoms with E-state index in [1.165, 1.54) is 0 Å². The van der Waals surface area contributed by atoms with Gasteiger partial charge in [-0.3, -0.25) is 4.79 Å². The number of aryl methyl sites for hydroxylation is 1. The molecule has 0 amide bonds. The average Bonchev–Trinajstić information content (AvgIpc) is 2.60. The van der Waals surface area contributed by atoms with Gasteiger partial charge in [0.2, 0.25) is 0 Å². The minimum absolute atomic E-state index is 0.150. The van der Waals surface area contributed by atoms with E-state index in [1.807, 2.05) is 0 Å². The molecule has 100 valence electrons. The lowest BCUT2D eigenvalue weighted by Gasteiger charge is -2.04. The second-order valence-corrected chi connectivity index (χ2v) is 6.13. The van der Waals surface area contributed by atoms with Crippen LogP contribution in [0.3, 0.4) is 0 Å². The Bertz CT molecular complexity index is 450. The second kappa shape index (κ2) is 4.03. The number of rotatable bonds is 5. The molecule has 1 aromatic rings. The molecule has 1 heterocycles. The first-order valence-electron chi connectivity index (χ1n) is 6.26. The molecular formula is C12H20N4O2. The number of carboxylic acid groups (broad SMARTS) is 1. The van der Waals surface area contributed by atoms with Gasteiger partial charge >= 0.3 is 5.97 Å². The van der Waals surface area contributed by atoms with Crippen LogP contribution in [0.5, 0.6) is 0 Å². The smallest absolute Gasteiger partial charge is 0.303 e. The maximum atomic E-state index is 10.5. The molecule has 0 saturated heterocycles. The number of aromatic nitrogens is 4. The molecule has 2 rings (SSSR count). The summed E-state index contributed by atoms with van der Waals surface area (Å²) in [5.41, 5.74) is 0.374. The van der Waals surface area contributed by atoms with Gasteiger partial charge in [-0.25, -0.2) is 4.68 Å². The quantitative estimate of drug-likeness (QED) is 0.862. The van der Waals surface area contributed by atoms with E-state index in [-0.39, 0.29) is 17.3 Å². The predicted octanol–water partition coefficient (Wildman–Crippen LogP) is 1.69. The first-order chi connectivity index (χ1) is 8.28. The van der Waals surface area contributed by atoms with Crippen LogP contribution in [0, 0.1) is 10.8 Å². The summed E-state index contributed by atoms with van der Waals surface area (Å²) in [6.07, 6.45) is 0.706. The fourth-order valence-corrected chi connectivity index (χ4v) is 2.80. The number of carboxylic acids is 1. The van der Waals surface area contributed by atoms with E-state index in [9.17, 15) is 4.79 Å². The maximum Gasteiger partial charge on any atom is 0.303 e. The van der Waals surface area contributed by atoms with E-state index < -0.39 is 5.97 Å². The Kier molecular flexibility index (Phi) is 2.91. The molecule has 0 spiro atoms. The Labute approximate surface area is 106 Å². The van der Waals surface area contributed by atoms with Crippen molar-refractivity contribution in [1.29, 1.82) is 0 Å². The zero-order valence-electron chi connectivity index (χ0n) is 11.3. The molecule has 1 saturated carbocycles. The molecular weight excluding hydrogens is 232 g/mol. The zero-order chi connectivity index (χ0) is 13.6. The standard InChI is InChI=1S/C12H20N4O2/c1-11(2)9(12(11,3)4)10-13-14-15-16(10)7-5-6-8(17)18/h9H,5-7H2,1-4H3,(H,17,18). The van der Waals surface area contributed by atoms with Gasteiger partial charge in [0.1, 0.15) is 0 Å². The third kappa shape index (κ3) is 1.89. The summed E-state index contributed by atoms with van der Waals surface area (Å²) in [5.74, 6) is 0.442. The van der Waals surface area contributed by atoms with Crippen LogP contribution in [0.25, 0.3) is 0 Å². The lowest BCUT2D eigenvalue weighted by molar-refractivity contribution is -0.137. The predicted molar refractivity (Wildman–Crippen MR) is 65.0 cm³/mol. The van der Waals surface area contributed by atoms with Crippen LogP contribution in [0.1, 0.15) is 52.3 Å². The van der Waals surface area contributed by atoms with Crippen LogP contribution >= 0.6 is 0 Å². The van der Waals surface area contributed by atoms with Crippen molar-refractivity contribution >= 4 is 5.97 Å². The number of nitrogens with zero attached hydrogens (tertiary/aromatic N) is 4. The molecule has 0 bridgehead atoms. The highest BCUT2D eigenvalue weighted by molar-refractivity contribution is 5.66. The van der Waals surface area contributed by atoms with E-state index >= 15 is 0 Å². The first-order valence-corrected chi connectivity index (χ1v) is 6.26. The van der Waals surface area contributed by atoms with Gasteiger partial charge in [0.05, 0.1) is 0 Å². The molecule has 1 aliphatic carbocycles. The molecule has 0 atom stereocenters. The summed E-state index contributed by atoms with van der Waals surface area (Å²) in [7, 11) is 0. The highest BCUT2D eigenvalue weighted by atomic mass is 16.4. The molecule has 6 heteroatoms. The number of aliphatic carboxylic acids is 1. The third-order valence-corrected chi connectivity index (χ3v) is 4.60. The lowest BCUT2D eigenvalue weighted by atomic mass is 10.0. The second-order valence-electron chi connectivity index (χ2n) is 6.13. The monoisotopic (exact) mass is 252 g/mol. The largest absolute Gasteiger partial charge is 0.481 e. The number of tetrazole rings is 1. The third-order valence-electron chi connectivity index (χ3n) is 4.60. The maximum absolute atomic E-state index is 10.5. The van der Waals surface area contributed by atoms with Crippen LogP contribution in [0.2, 0.25) is 0 Å². The van der Waals surface area contributed by atoms with Gasteiger partial charge in [-0.1, -0.05) is 27.7 Å². The van der Waals surface area contributed by atoms with Crippen molar-refractivity contribution in [2.45, 2.75) is 53.0 Å². The van der Waals surface area contributed by atoms with Crippen LogP contribution in [0.4, 0.5) is 0 Å². The van der Waals surface area contributed by atoms with Crippen LogP contribution < -0.4 is 0 Å². The Morgan fingerprint density at radius 1 is 1.33 bits per heavy atom. The normalized spacial score (nSPS) is 20.9. The Hall–Kier alpha value is -1.46. The van der Waals surface area contributed by atoms with Gasteiger partial charge in [-0.05, 0) is 27.7 Å². The molecule has 18 heavy (non-hydrogen) atoms. The number of carbonyl (C=O) groups is 1. The van der Waals surface area contributed by atoms with Crippen molar-refractivity contribution in [2.75, 3.05) is 0 Å². The van der Waals surface area contributed by atoms with Crippen LogP contribution in [-0.2, 0) is 11.3 Å². The topological polar surface area (TPSA) is 80.9 Å². The van der Waals surface area contributed by atoms with E-state index in [4.69, 9.17) is 5.11 Å². The van der Waals surface area contributed by atoms with E-state index in [0.29, 0.717) is 18.9 Å². The molecule has 0 unspecified atom stereocenters. The fourth-order valence-electron chi connectivity index (χ4n) is 2.80. The highest BCUT2D eigenvalue weighted by Gasteiger charge is 2.67. The van der Waals surface area contributed by atoms with Crippen LogP contribution in [0.15, 0.2) is 0 Å².